The summed E-state index contributed by atoms with van der Waals surface area (Å²) in [4.78, 5) is 0. The number of hydrogen-bond acceptors (Lipinski definition) is 3. The van der Waals surface area contributed by atoms with Crippen LogP contribution in [0.25, 0.3) is 0 Å². The van der Waals surface area contributed by atoms with Gasteiger partial charge in [0.2, 0.25) is 0 Å². The molecule has 0 spiro atoms. The monoisotopic (exact) mass is 292 g/mol. The first-order valence-corrected chi connectivity index (χ1v) is 9.22. The molecule has 0 aliphatic carbocycles. The quantitative estimate of drug-likeness (QED) is 0.407. The summed E-state index contributed by atoms with van der Waals surface area (Å²) < 4.78 is 17.6. The lowest BCUT2D eigenvalue weighted by molar-refractivity contribution is -0.00278. The van der Waals surface area contributed by atoms with Gasteiger partial charge in [-0.1, -0.05) is 18.6 Å². The molecule has 1 fully saturated rings. The Labute approximate surface area is 117 Å². The Morgan fingerprint density at radius 3 is 2.67 bits per heavy atom. The molecule has 1 aliphatic rings. The van der Waals surface area contributed by atoms with Gasteiger partial charge in [0, 0.05) is 37.7 Å². The van der Waals surface area contributed by atoms with Crippen LogP contribution in [0.1, 0.15) is 33.6 Å². The highest BCUT2D eigenvalue weighted by molar-refractivity contribution is 6.60. The highest BCUT2D eigenvalue weighted by Crippen LogP contribution is 2.25. The third-order valence-corrected chi connectivity index (χ3v) is 6.08. The first-order chi connectivity index (χ1) is 8.62. The smallest absolute Gasteiger partial charge is 0.374 e. The Bertz CT molecular complexity index is 263. The third-order valence-electron chi connectivity index (χ3n) is 3.02. The van der Waals surface area contributed by atoms with Crippen LogP contribution in [-0.2, 0) is 13.3 Å². The van der Waals surface area contributed by atoms with Crippen molar-refractivity contribution in [2.45, 2.75) is 39.7 Å². The molecule has 0 aromatic rings. The predicted octanol–water partition coefficient (Wildman–Crippen LogP) is 3.61. The van der Waals surface area contributed by atoms with E-state index in [2.05, 4.69) is 19.9 Å². The van der Waals surface area contributed by atoms with E-state index in [-0.39, 0.29) is 0 Å². The fourth-order valence-corrected chi connectivity index (χ4v) is 5.04. The number of rotatable bonds is 7. The van der Waals surface area contributed by atoms with Crippen LogP contribution in [0.15, 0.2) is 11.6 Å². The summed E-state index contributed by atoms with van der Waals surface area (Å²) in [6.45, 7) is 8.44. The summed E-state index contributed by atoms with van der Waals surface area (Å²) in [5.41, 5.74) is 1.33. The second-order valence-electron chi connectivity index (χ2n) is 4.90. The minimum atomic E-state index is -2.37. The summed E-state index contributed by atoms with van der Waals surface area (Å²) in [5, 5.41) is 0. The van der Waals surface area contributed by atoms with Crippen LogP contribution in [0.3, 0.4) is 0 Å². The lowest BCUT2D eigenvalue weighted by Crippen LogP contribution is -2.51. The van der Waals surface area contributed by atoms with Crippen LogP contribution in [0.4, 0.5) is 0 Å². The average molecular weight is 293 g/mol. The molecular weight excluding hydrogens is 268 g/mol. The van der Waals surface area contributed by atoms with E-state index in [0.717, 1.165) is 32.1 Å². The molecule has 1 aliphatic heterocycles. The molecule has 1 rings (SSSR count). The lowest BCUT2D eigenvalue weighted by Gasteiger charge is -2.35. The predicted molar refractivity (Wildman–Crippen MR) is 77.0 cm³/mol. The Morgan fingerprint density at radius 1 is 1.44 bits per heavy atom. The van der Waals surface area contributed by atoms with Crippen LogP contribution in [-0.4, -0.2) is 34.5 Å². The zero-order chi connectivity index (χ0) is 13.4. The van der Waals surface area contributed by atoms with E-state index in [4.69, 9.17) is 24.9 Å². The molecule has 18 heavy (non-hydrogen) atoms. The van der Waals surface area contributed by atoms with Crippen molar-refractivity contribution in [1.29, 1.82) is 0 Å². The van der Waals surface area contributed by atoms with Gasteiger partial charge in [0.15, 0.2) is 0 Å². The molecule has 1 saturated heterocycles. The summed E-state index contributed by atoms with van der Waals surface area (Å²) in [6.07, 6.45) is 4.14. The molecule has 3 nitrogen and oxygen atoms in total. The number of hydrogen-bond donors (Lipinski definition) is 0. The fourth-order valence-electron chi connectivity index (χ4n) is 1.97. The fraction of sp³-hybridized carbons (Fsp3) is 0.846. The molecule has 0 saturated carbocycles. The van der Waals surface area contributed by atoms with Crippen molar-refractivity contribution in [3.8, 4) is 0 Å². The van der Waals surface area contributed by atoms with Crippen molar-refractivity contribution in [2.24, 2.45) is 5.92 Å². The van der Waals surface area contributed by atoms with Crippen molar-refractivity contribution >= 4 is 20.4 Å². The summed E-state index contributed by atoms with van der Waals surface area (Å²) in [5.74, 6) is 1.06. The summed E-state index contributed by atoms with van der Waals surface area (Å²) >= 11 is 5.68. The van der Waals surface area contributed by atoms with E-state index in [1.165, 1.54) is 5.57 Å². The molecule has 0 unspecified atom stereocenters. The van der Waals surface area contributed by atoms with Gasteiger partial charge in [-0.25, -0.2) is 0 Å². The molecule has 0 bridgehead atoms. The molecule has 0 radical (unpaired) electrons. The van der Waals surface area contributed by atoms with E-state index in [9.17, 15) is 0 Å². The molecule has 0 aromatic heterocycles. The van der Waals surface area contributed by atoms with Crippen LogP contribution in [0.5, 0.6) is 0 Å². The minimum Gasteiger partial charge on any atom is -0.374 e. The van der Waals surface area contributed by atoms with Crippen molar-refractivity contribution < 1.29 is 13.3 Å². The van der Waals surface area contributed by atoms with Gasteiger partial charge in [0.05, 0.1) is 0 Å². The van der Waals surface area contributed by atoms with Crippen LogP contribution >= 0.6 is 11.6 Å². The van der Waals surface area contributed by atoms with Crippen LogP contribution in [0, 0.1) is 5.92 Å². The zero-order valence-corrected chi connectivity index (χ0v) is 13.5. The molecule has 0 amide bonds. The topological polar surface area (TPSA) is 27.7 Å². The van der Waals surface area contributed by atoms with Gasteiger partial charge in [-0.3, -0.25) is 0 Å². The molecule has 5 heteroatoms. The summed E-state index contributed by atoms with van der Waals surface area (Å²) in [6, 6.07) is 0.904. The van der Waals surface area contributed by atoms with Crippen LogP contribution < -0.4 is 0 Å². The summed E-state index contributed by atoms with van der Waals surface area (Å²) in [7, 11) is -2.37. The van der Waals surface area contributed by atoms with E-state index >= 15 is 0 Å². The number of alkyl halides is 1. The maximum absolute atomic E-state index is 5.91. The Kier molecular flexibility index (Phi) is 7.49. The Hall–Kier alpha value is 0.127. The number of halogens is 1. The normalized spacial score (nSPS) is 29.6. The van der Waals surface area contributed by atoms with Crippen molar-refractivity contribution in [1.82, 2.24) is 0 Å². The molecule has 106 valence electrons. The van der Waals surface area contributed by atoms with Gasteiger partial charge >= 0.3 is 8.80 Å². The highest BCUT2D eigenvalue weighted by atomic mass is 35.5. The average Bonchev–Trinajstić information content (AvgIpc) is 2.34. The number of allylic oxidation sites excluding steroid dienone is 2. The van der Waals surface area contributed by atoms with Gasteiger partial charge in [-0.15, -0.1) is 11.6 Å². The van der Waals surface area contributed by atoms with E-state index in [0.29, 0.717) is 18.4 Å². The third kappa shape index (κ3) is 5.41. The lowest BCUT2D eigenvalue weighted by atomic mass is 10.2. The molecule has 1 heterocycles. The minimum absolute atomic E-state index is 0.476. The molecule has 0 aromatic carbocycles. The van der Waals surface area contributed by atoms with Crippen molar-refractivity contribution in [3.63, 3.8) is 0 Å². The van der Waals surface area contributed by atoms with Gasteiger partial charge in [-0.2, -0.15) is 0 Å². The standard InChI is InChI=1S/C13H25ClO3Si/c1-4-15-18(16-10-13(3)11-17-18)9-5-6-12(2)7-8-14/h7,13H,4-6,8-11H2,1-3H3/b12-7+. The van der Waals surface area contributed by atoms with Gasteiger partial charge < -0.3 is 13.3 Å². The maximum Gasteiger partial charge on any atom is 0.500 e. The molecular formula is C13H25ClO3Si. The van der Waals surface area contributed by atoms with Gasteiger partial charge in [0.25, 0.3) is 0 Å². The molecule has 0 atom stereocenters. The SMILES string of the molecule is CCO[Si]1(CCC/C(C)=C/CCl)OCC(C)CO1. The van der Waals surface area contributed by atoms with E-state index in [1.807, 2.05) is 6.92 Å². The second kappa shape index (κ2) is 8.33. The first-order valence-electron chi connectivity index (χ1n) is 6.75. The van der Waals surface area contributed by atoms with Crippen molar-refractivity contribution in [3.05, 3.63) is 11.6 Å². The molecule has 0 N–H and O–H groups in total. The van der Waals surface area contributed by atoms with Gasteiger partial charge in [-0.05, 0) is 26.7 Å². The Morgan fingerprint density at radius 2 is 2.11 bits per heavy atom. The van der Waals surface area contributed by atoms with Crippen molar-refractivity contribution in [2.75, 3.05) is 25.7 Å². The first kappa shape index (κ1) is 16.2. The zero-order valence-electron chi connectivity index (χ0n) is 11.7. The second-order valence-corrected chi connectivity index (χ2v) is 7.94. The Balaban J connectivity index is 2.40. The van der Waals surface area contributed by atoms with E-state index < -0.39 is 8.80 Å². The van der Waals surface area contributed by atoms with E-state index in [1.54, 1.807) is 0 Å². The largest absolute Gasteiger partial charge is 0.500 e. The van der Waals surface area contributed by atoms with Gasteiger partial charge in [0.1, 0.15) is 0 Å². The highest BCUT2D eigenvalue weighted by Gasteiger charge is 2.43. The van der Waals surface area contributed by atoms with Crippen LogP contribution in [0.2, 0.25) is 6.04 Å². The maximum atomic E-state index is 5.91.